The molecule has 0 saturated carbocycles. The third kappa shape index (κ3) is 4.26. The van der Waals surface area contributed by atoms with Crippen molar-refractivity contribution in [2.45, 2.75) is 26.0 Å². The van der Waals surface area contributed by atoms with Crippen molar-refractivity contribution in [1.82, 2.24) is 9.21 Å². The van der Waals surface area contributed by atoms with E-state index >= 15 is 0 Å². The number of likely N-dealkylation sites (N-methyl/N-ethyl adjacent to an activating group) is 1. The van der Waals surface area contributed by atoms with Crippen molar-refractivity contribution in [3.05, 3.63) is 35.4 Å². The average molecular weight is 312 g/mol. The van der Waals surface area contributed by atoms with Crippen LogP contribution in [0.25, 0.3) is 0 Å². The molecule has 0 aromatic heterocycles. The summed E-state index contributed by atoms with van der Waals surface area (Å²) in [6.07, 6.45) is 0.313. The number of rotatable bonds is 6. The van der Waals surface area contributed by atoms with Crippen LogP contribution in [0.4, 0.5) is 0 Å². The summed E-state index contributed by atoms with van der Waals surface area (Å²) >= 11 is 0. The van der Waals surface area contributed by atoms with E-state index in [1.165, 1.54) is 22.5 Å². The van der Waals surface area contributed by atoms with Crippen LogP contribution in [-0.2, 0) is 23.0 Å². The van der Waals surface area contributed by atoms with Crippen LogP contribution in [0, 0.1) is 0 Å². The molecule has 1 unspecified atom stereocenters. The van der Waals surface area contributed by atoms with E-state index in [2.05, 4.69) is 17.0 Å². The van der Waals surface area contributed by atoms with Crippen molar-refractivity contribution in [3.63, 3.8) is 0 Å². The quantitative estimate of drug-likeness (QED) is 0.839. The SMILES string of the molecule is CCS(=O)(=O)N(C)CC(O)CN1CCc2ccccc2C1. The Hall–Kier alpha value is -0.950. The highest BCUT2D eigenvalue weighted by Crippen LogP contribution is 2.18. The second kappa shape index (κ2) is 6.87. The summed E-state index contributed by atoms with van der Waals surface area (Å²) in [7, 11) is -1.71. The van der Waals surface area contributed by atoms with Crippen molar-refractivity contribution in [2.75, 3.05) is 32.4 Å². The molecule has 118 valence electrons. The summed E-state index contributed by atoms with van der Waals surface area (Å²) in [5.41, 5.74) is 2.67. The van der Waals surface area contributed by atoms with E-state index in [1.807, 2.05) is 12.1 Å². The molecule has 0 radical (unpaired) electrons. The molecule has 0 aliphatic carbocycles. The number of hydrogen-bond acceptors (Lipinski definition) is 4. The molecule has 21 heavy (non-hydrogen) atoms. The Morgan fingerprint density at radius 1 is 1.33 bits per heavy atom. The van der Waals surface area contributed by atoms with Gasteiger partial charge in [-0.05, 0) is 24.5 Å². The number of fused-ring (bicyclic) bond motifs is 1. The molecular formula is C15H24N2O3S. The molecule has 1 aromatic carbocycles. The van der Waals surface area contributed by atoms with Crippen molar-refractivity contribution in [2.24, 2.45) is 0 Å². The van der Waals surface area contributed by atoms with E-state index in [0.29, 0.717) is 6.54 Å². The van der Waals surface area contributed by atoms with Gasteiger partial charge >= 0.3 is 0 Å². The van der Waals surface area contributed by atoms with Crippen molar-refractivity contribution < 1.29 is 13.5 Å². The topological polar surface area (TPSA) is 60.9 Å². The summed E-state index contributed by atoms with van der Waals surface area (Å²) < 4.78 is 24.6. The van der Waals surface area contributed by atoms with Gasteiger partial charge in [-0.25, -0.2) is 12.7 Å². The Bertz CT molecular complexity index is 574. The Labute approximate surface area is 127 Å². The maximum atomic E-state index is 11.7. The molecule has 1 aromatic rings. The van der Waals surface area contributed by atoms with E-state index in [-0.39, 0.29) is 12.3 Å². The first-order chi connectivity index (χ1) is 9.92. The molecule has 1 atom stereocenters. The lowest BCUT2D eigenvalue weighted by molar-refractivity contribution is 0.0928. The lowest BCUT2D eigenvalue weighted by atomic mass is 10.00. The fraction of sp³-hybridized carbons (Fsp3) is 0.600. The summed E-state index contributed by atoms with van der Waals surface area (Å²) in [6, 6.07) is 8.33. The van der Waals surface area contributed by atoms with Gasteiger partial charge in [-0.15, -0.1) is 0 Å². The predicted molar refractivity (Wildman–Crippen MR) is 83.5 cm³/mol. The molecule has 2 rings (SSSR count). The number of β-amino-alcohol motifs (C(OH)–C–C–N with tert-alkyl or cyclic N) is 1. The maximum Gasteiger partial charge on any atom is 0.213 e. The van der Waals surface area contributed by atoms with Crippen LogP contribution in [0.15, 0.2) is 24.3 Å². The van der Waals surface area contributed by atoms with E-state index in [0.717, 1.165) is 19.5 Å². The van der Waals surface area contributed by atoms with Gasteiger partial charge in [0.05, 0.1) is 11.9 Å². The monoisotopic (exact) mass is 312 g/mol. The smallest absolute Gasteiger partial charge is 0.213 e. The van der Waals surface area contributed by atoms with Gasteiger partial charge in [0, 0.05) is 33.2 Å². The Kier molecular flexibility index (Phi) is 5.37. The van der Waals surface area contributed by atoms with Crippen LogP contribution in [-0.4, -0.2) is 61.3 Å². The third-order valence-corrected chi connectivity index (χ3v) is 5.81. The fourth-order valence-electron chi connectivity index (χ4n) is 2.70. The first-order valence-electron chi connectivity index (χ1n) is 7.33. The van der Waals surface area contributed by atoms with E-state index < -0.39 is 16.1 Å². The second-order valence-electron chi connectivity index (χ2n) is 5.59. The molecule has 1 heterocycles. The van der Waals surface area contributed by atoms with Crippen molar-refractivity contribution in [1.29, 1.82) is 0 Å². The van der Waals surface area contributed by atoms with Crippen LogP contribution in [0.5, 0.6) is 0 Å². The second-order valence-corrected chi connectivity index (χ2v) is 7.95. The number of aliphatic hydroxyl groups is 1. The summed E-state index contributed by atoms with van der Waals surface area (Å²) in [4.78, 5) is 2.18. The van der Waals surface area contributed by atoms with Gasteiger partial charge in [-0.1, -0.05) is 24.3 Å². The van der Waals surface area contributed by atoms with Crippen LogP contribution >= 0.6 is 0 Å². The largest absolute Gasteiger partial charge is 0.390 e. The number of sulfonamides is 1. The van der Waals surface area contributed by atoms with Gasteiger partial charge in [0.2, 0.25) is 10.0 Å². The zero-order valence-electron chi connectivity index (χ0n) is 12.7. The fourth-order valence-corrected chi connectivity index (χ4v) is 3.54. The van der Waals surface area contributed by atoms with Crippen molar-refractivity contribution in [3.8, 4) is 0 Å². The predicted octanol–water partition coefficient (Wildman–Crippen LogP) is 0.687. The number of hydrogen-bond donors (Lipinski definition) is 1. The van der Waals surface area contributed by atoms with Gasteiger partial charge in [0.1, 0.15) is 0 Å². The Morgan fingerprint density at radius 2 is 2.00 bits per heavy atom. The van der Waals surface area contributed by atoms with Crippen LogP contribution in [0.1, 0.15) is 18.1 Å². The van der Waals surface area contributed by atoms with E-state index in [4.69, 9.17) is 0 Å². The molecule has 0 saturated heterocycles. The molecule has 1 N–H and O–H groups in total. The summed E-state index contributed by atoms with van der Waals surface area (Å²) in [5, 5.41) is 10.1. The minimum Gasteiger partial charge on any atom is -0.390 e. The molecule has 0 fully saturated rings. The maximum absolute atomic E-state index is 11.7. The minimum absolute atomic E-state index is 0.0628. The van der Waals surface area contributed by atoms with Crippen LogP contribution in [0.2, 0.25) is 0 Å². The lowest BCUT2D eigenvalue weighted by Crippen LogP contribution is -2.42. The average Bonchev–Trinajstić information content (AvgIpc) is 2.46. The normalized spacial score (nSPS) is 17.7. The summed E-state index contributed by atoms with van der Waals surface area (Å²) in [5.74, 6) is 0.0628. The van der Waals surface area contributed by atoms with Crippen LogP contribution < -0.4 is 0 Å². The zero-order chi connectivity index (χ0) is 15.5. The Morgan fingerprint density at radius 3 is 2.67 bits per heavy atom. The van der Waals surface area contributed by atoms with Gasteiger partial charge in [-0.3, -0.25) is 4.90 Å². The summed E-state index contributed by atoms with van der Waals surface area (Å²) in [6.45, 7) is 3.97. The molecule has 0 bridgehead atoms. The minimum atomic E-state index is -3.23. The van der Waals surface area contributed by atoms with Gasteiger partial charge in [-0.2, -0.15) is 0 Å². The lowest BCUT2D eigenvalue weighted by Gasteiger charge is -2.31. The number of aliphatic hydroxyl groups excluding tert-OH is 1. The van der Waals surface area contributed by atoms with Gasteiger partial charge in [0.15, 0.2) is 0 Å². The van der Waals surface area contributed by atoms with Gasteiger partial charge < -0.3 is 5.11 Å². The third-order valence-electron chi connectivity index (χ3n) is 3.99. The first-order valence-corrected chi connectivity index (χ1v) is 8.94. The Balaban J connectivity index is 1.89. The van der Waals surface area contributed by atoms with Gasteiger partial charge in [0.25, 0.3) is 0 Å². The van der Waals surface area contributed by atoms with Crippen molar-refractivity contribution >= 4 is 10.0 Å². The highest BCUT2D eigenvalue weighted by Gasteiger charge is 2.22. The van der Waals surface area contributed by atoms with E-state index in [9.17, 15) is 13.5 Å². The number of nitrogens with zero attached hydrogens (tertiary/aromatic N) is 2. The number of benzene rings is 1. The zero-order valence-corrected chi connectivity index (χ0v) is 13.5. The molecule has 1 aliphatic heterocycles. The molecule has 1 aliphatic rings. The molecule has 0 spiro atoms. The standard InChI is InChI=1S/C15H24N2O3S/c1-3-21(19,20)16(2)11-15(18)12-17-9-8-13-6-4-5-7-14(13)10-17/h4-7,15,18H,3,8-12H2,1-2H3. The molecule has 5 nitrogen and oxygen atoms in total. The highest BCUT2D eigenvalue weighted by molar-refractivity contribution is 7.89. The highest BCUT2D eigenvalue weighted by atomic mass is 32.2. The molecule has 6 heteroatoms. The molecular weight excluding hydrogens is 288 g/mol. The molecule has 0 amide bonds. The first kappa shape index (κ1) is 16.4. The van der Waals surface area contributed by atoms with Crippen LogP contribution in [0.3, 0.4) is 0 Å². The van der Waals surface area contributed by atoms with E-state index in [1.54, 1.807) is 6.92 Å².